The number of hydrogen-bond donors (Lipinski definition) is 2. The van der Waals surface area contributed by atoms with Gasteiger partial charge in [0.1, 0.15) is 12.4 Å². The third kappa shape index (κ3) is 5.41. The molecule has 9 nitrogen and oxygen atoms in total. The van der Waals surface area contributed by atoms with Gasteiger partial charge < -0.3 is 24.4 Å². The van der Waals surface area contributed by atoms with Crippen LogP contribution in [-0.4, -0.2) is 63.4 Å². The maximum atomic E-state index is 14.0. The standard InChI is InChI=1S/C25H30FN3O6S/c1-3-28(4-2)13-5-7-17-15-18(26)9-12-22(17)36(32,33)27-20-10-11-21-24(23(20)35-25(30)31)34-16-19-8-6-14-29(19)21/h5,7,9-12,15,19,27H,3-4,6,8,13-14,16H2,1-2H3,(H,30,31)/b7-5-/t19-/m0/s1. The normalized spacial score (nSPS) is 17.1. The SMILES string of the molecule is CCN(CC)C/C=C\c1cc(F)ccc1S(=O)(=O)Nc1ccc2c(c1OC(=O)O)OC[C@@H]1CCCN21. The van der Waals surface area contributed by atoms with Crippen LogP contribution in [0.2, 0.25) is 0 Å². The van der Waals surface area contributed by atoms with Gasteiger partial charge in [-0.05, 0) is 61.8 Å². The maximum Gasteiger partial charge on any atom is 0.511 e. The Balaban J connectivity index is 1.69. The molecular formula is C25H30FN3O6S. The Morgan fingerprint density at radius 2 is 2.08 bits per heavy atom. The fourth-order valence-corrected chi connectivity index (χ4v) is 5.84. The van der Waals surface area contributed by atoms with Gasteiger partial charge >= 0.3 is 6.16 Å². The number of likely N-dealkylation sites (N-methyl/N-ethyl adjacent to an activating group) is 1. The van der Waals surface area contributed by atoms with Gasteiger partial charge in [-0.3, -0.25) is 4.72 Å². The van der Waals surface area contributed by atoms with E-state index in [0.29, 0.717) is 18.8 Å². The summed E-state index contributed by atoms with van der Waals surface area (Å²) in [6.07, 6.45) is 3.68. The number of fused-ring (bicyclic) bond motifs is 3. The van der Waals surface area contributed by atoms with E-state index in [1.165, 1.54) is 12.1 Å². The molecule has 2 aromatic rings. The fraction of sp³-hybridized carbons (Fsp3) is 0.400. The Morgan fingerprint density at radius 3 is 2.81 bits per heavy atom. The summed E-state index contributed by atoms with van der Waals surface area (Å²) in [7, 11) is -4.25. The van der Waals surface area contributed by atoms with E-state index in [1.807, 2.05) is 13.8 Å². The summed E-state index contributed by atoms with van der Waals surface area (Å²) in [4.78, 5) is 15.5. The zero-order chi connectivity index (χ0) is 25.9. The molecule has 2 N–H and O–H groups in total. The van der Waals surface area contributed by atoms with E-state index in [1.54, 1.807) is 18.2 Å². The molecule has 36 heavy (non-hydrogen) atoms. The molecule has 11 heteroatoms. The number of nitrogens with one attached hydrogen (secondary N) is 1. The number of carbonyl (C=O) groups is 1. The molecule has 194 valence electrons. The predicted octanol–water partition coefficient (Wildman–Crippen LogP) is 4.40. The minimum absolute atomic E-state index is 0.0869. The van der Waals surface area contributed by atoms with Crippen LogP contribution in [0.5, 0.6) is 11.5 Å². The third-order valence-electron chi connectivity index (χ3n) is 6.45. The average Bonchev–Trinajstić information content (AvgIpc) is 3.32. The van der Waals surface area contributed by atoms with Crippen molar-refractivity contribution < 1.29 is 32.2 Å². The summed E-state index contributed by atoms with van der Waals surface area (Å²) in [6.45, 7) is 7.39. The average molecular weight is 520 g/mol. The number of hydrogen-bond acceptors (Lipinski definition) is 7. The molecule has 2 aliphatic rings. The fourth-order valence-electron chi connectivity index (χ4n) is 4.60. The molecule has 0 amide bonds. The van der Waals surface area contributed by atoms with Gasteiger partial charge in [0.2, 0.25) is 5.75 Å². The van der Waals surface area contributed by atoms with Gasteiger partial charge in [0.05, 0.1) is 22.3 Å². The van der Waals surface area contributed by atoms with E-state index < -0.39 is 22.0 Å². The lowest BCUT2D eigenvalue weighted by atomic mass is 10.1. The first-order valence-corrected chi connectivity index (χ1v) is 13.4. The van der Waals surface area contributed by atoms with E-state index in [4.69, 9.17) is 9.47 Å². The van der Waals surface area contributed by atoms with E-state index in [0.717, 1.165) is 44.6 Å². The van der Waals surface area contributed by atoms with Crippen molar-refractivity contribution in [3.8, 4) is 11.5 Å². The number of halogens is 1. The van der Waals surface area contributed by atoms with Crippen LogP contribution in [0.15, 0.2) is 41.3 Å². The third-order valence-corrected chi connectivity index (χ3v) is 7.89. The molecule has 2 heterocycles. The highest BCUT2D eigenvalue weighted by Gasteiger charge is 2.35. The van der Waals surface area contributed by atoms with Gasteiger partial charge in [-0.15, -0.1) is 0 Å². The van der Waals surface area contributed by atoms with Crippen LogP contribution in [0.3, 0.4) is 0 Å². The smallest absolute Gasteiger partial charge is 0.485 e. The number of carboxylic acid groups (broad SMARTS) is 1. The van der Waals surface area contributed by atoms with Crippen LogP contribution in [0.1, 0.15) is 32.3 Å². The summed E-state index contributed by atoms with van der Waals surface area (Å²) in [6, 6.07) is 6.71. The van der Waals surface area contributed by atoms with Gasteiger partial charge in [0, 0.05) is 13.1 Å². The van der Waals surface area contributed by atoms with Crippen molar-refractivity contribution >= 4 is 33.6 Å². The number of sulfonamides is 1. The number of ether oxygens (including phenoxy) is 2. The minimum Gasteiger partial charge on any atom is -0.485 e. The molecule has 1 atom stereocenters. The lowest BCUT2D eigenvalue weighted by Crippen LogP contribution is -2.38. The molecular weight excluding hydrogens is 489 g/mol. The van der Waals surface area contributed by atoms with E-state index in [2.05, 4.69) is 14.5 Å². The molecule has 0 saturated carbocycles. The molecule has 0 radical (unpaired) electrons. The van der Waals surface area contributed by atoms with Crippen LogP contribution < -0.4 is 19.1 Å². The molecule has 0 aliphatic carbocycles. The van der Waals surface area contributed by atoms with Gasteiger partial charge in [-0.2, -0.15) is 0 Å². The minimum atomic E-state index is -4.25. The lowest BCUT2D eigenvalue weighted by molar-refractivity contribution is 0.141. The van der Waals surface area contributed by atoms with Gasteiger partial charge in [-0.25, -0.2) is 17.6 Å². The van der Waals surface area contributed by atoms with Gasteiger partial charge in [-0.1, -0.05) is 26.0 Å². The highest BCUT2D eigenvalue weighted by molar-refractivity contribution is 7.92. The molecule has 1 saturated heterocycles. The first-order chi connectivity index (χ1) is 17.2. The molecule has 0 aromatic heterocycles. The van der Waals surface area contributed by atoms with Crippen LogP contribution in [0.4, 0.5) is 20.6 Å². The Morgan fingerprint density at radius 1 is 1.31 bits per heavy atom. The summed E-state index contributed by atoms with van der Waals surface area (Å²) in [5, 5.41) is 9.33. The molecule has 2 aromatic carbocycles. The summed E-state index contributed by atoms with van der Waals surface area (Å²) in [5.74, 6) is -0.627. The lowest BCUT2D eigenvalue weighted by Gasteiger charge is -2.34. The Kier molecular flexibility index (Phi) is 7.70. The van der Waals surface area contributed by atoms with Gasteiger partial charge in [0.25, 0.3) is 10.0 Å². The number of nitrogens with zero attached hydrogens (tertiary/aromatic N) is 2. The number of rotatable bonds is 9. The van der Waals surface area contributed by atoms with Gasteiger partial charge in [0.15, 0.2) is 5.75 Å². The summed E-state index contributed by atoms with van der Waals surface area (Å²) < 4.78 is 54.1. The second kappa shape index (κ2) is 10.8. The Bertz CT molecular complexity index is 1260. The predicted molar refractivity (Wildman–Crippen MR) is 135 cm³/mol. The molecule has 0 unspecified atom stereocenters. The Hall–Kier alpha value is -3.31. The van der Waals surface area contributed by atoms with Crippen LogP contribution in [-0.2, 0) is 10.0 Å². The van der Waals surface area contributed by atoms with Crippen molar-refractivity contribution in [2.75, 3.05) is 42.4 Å². The molecule has 4 rings (SSSR count). The Labute approximate surface area is 210 Å². The number of benzene rings is 2. The number of anilines is 2. The first kappa shape index (κ1) is 25.8. The first-order valence-electron chi connectivity index (χ1n) is 11.9. The monoisotopic (exact) mass is 519 g/mol. The topological polar surface area (TPSA) is 108 Å². The molecule has 2 aliphatic heterocycles. The molecule has 0 spiro atoms. The van der Waals surface area contributed by atoms with E-state index >= 15 is 0 Å². The summed E-state index contributed by atoms with van der Waals surface area (Å²) in [5.41, 5.74) is 0.741. The van der Waals surface area contributed by atoms with Crippen LogP contribution >= 0.6 is 0 Å². The maximum absolute atomic E-state index is 14.0. The van der Waals surface area contributed by atoms with Crippen molar-refractivity contribution in [2.24, 2.45) is 0 Å². The largest absolute Gasteiger partial charge is 0.511 e. The molecule has 1 fully saturated rings. The van der Waals surface area contributed by atoms with Crippen molar-refractivity contribution in [1.29, 1.82) is 0 Å². The highest BCUT2D eigenvalue weighted by atomic mass is 32.2. The highest BCUT2D eigenvalue weighted by Crippen LogP contribution is 2.48. The second-order valence-electron chi connectivity index (χ2n) is 8.63. The van der Waals surface area contributed by atoms with Crippen molar-refractivity contribution in [3.05, 3.63) is 47.8 Å². The molecule has 0 bridgehead atoms. The van der Waals surface area contributed by atoms with Crippen molar-refractivity contribution in [3.63, 3.8) is 0 Å². The quantitative estimate of drug-likeness (QED) is 0.371. The van der Waals surface area contributed by atoms with E-state index in [-0.39, 0.29) is 33.7 Å². The van der Waals surface area contributed by atoms with Crippen LogP contribution in [0.25, 0.3) is 6.08 Å². The summed E-state index contributed by atoms with van der Waals surface area (Å²) >= 11 is 0. The van der Waals surface area contributed by atoms with Crippen LogP contribution in [0, 0.1) is 5.82 Å². The second-order valence-corrected chi connectivity index (χ2v) is 10.3. The van der Waals surface area contributed by atoms with E-state index in [9.17, 15) is 22.7 Å². The van der Waals surface area contributed by atoms with Crippen molar-refractivity contribution in [1.82, 2.24) is 4.90 Å². The van der Waals surface area contributed by atoms with Crippen molar-refractivity contribution in [2.45, 2.75) is 37.6 Å². The zero-order valence-corrected chi connectivity index (χ0v) is 21.1. The zero-order valence-electron chi connectivity index (χ0n) is 20.2.